The van der Waals surface area contributed by atoms with E-state index < -0.39 is 0 Å². The summed E-state index contributed by atoms with van der Waals surface area (Å²) in [7, 11) is 0. The van der Waals surface area contributed by atoms with Crippen LogP contribution in [-0.4, -0.2) is 15.1 Å². The summed E-state index contributed by atoms with van der Waals surface area (Å²) in [5.41, 5.74) is 0.809. The second-order valence-electron chi connectivity index (χ2n) is 4.41. The van der Waals surface area contributed by atoms with E-state index in [2.05, 4.69) is 31.1 Å². The lowest BCUT2D eigenvalue weighted by Gasteiger charge is -2.10. The van der Waals surface area contributed by atoms with Crippen molar-refractivity contribution in [1.82, 2.24) is 15.1 Å². The molecular formula is C15H12BrN3O2. The fourth-order valence-electron chi connectivity index (χ4n) is 1.78. The molecule has 0 aliphatic carbocycles. The monoisotopic (exact) mass is 345 g/mol. The molecule has 0 radical (unpaired) electrons. The first-order valence-electron chi connectivity index (χ1n) is 6.38. The molecule has 0 N–H and O–H groups in total. The van der Waals surface area contributed by atoms with E-state index in [1.54, 1.807) is 12.4 Å². The number of halogens is 1. The van der Waals surface area contributed by atoms with Crippen molar-refractivity contribution in [3.8, 4) is 17.1 Å². The molecule has 0 saturated carbocycles. The Hall–Kier alpha value is -2.21. The molecule has 0 aliphatic heterocycles. The summed E-state index contributed by atoms with van der Waals surface area (Å²) in [6.45, 7) is 1.86. The Bertz CT molecular complexity index is 713. The Kier molecular flexibility index (Phi) is 3.96. The minimum atomic E-state index is -0.330. The third-order valence-corrected chi connectivity index (χ3v) is 3.36. The second kappa shape index (κ2) is 6.05. The number of aromatic nitrogens is 3. The first kappa shape index (κ1) is 13.8. The molecule has 0 spiro atoms. The van der Waals surface area contributed by atoms with E-state index in [9.17, 15) is 0 Å². The lowest BCUT2D eigenvalue weighted by atomic mass is 10.3. The summed E-state index contributed by atoms with van der Waals surface area (Å²) >= 11 is 3.38. The van der Waals surface area contributed by atoms with Crippen LogP contribution in [0.2, 0.25) is 0 Å². The third kappa shape index (κ3) is 3.28. The molecule has 3 rings (SSSR count). The van der Waals surface area contributed by atoms with Crippen molar-refractivity contribution in [1.29, 1.82) is 0 Å². The predicted octanol–water partition coefficient (Wildman–Crippen LogP) is 4.03. The van der Waals surface area contributed by atoms with Gasteiger partial charge in [-0.1, -0.05) is 21.1 Å². The lowest BCUT2D eigenvalue weighted by molar-refractivity contribution is 0.176. The minimum Gasteiger partial charge on any atom is -0.481 e. The van der Waals surface area contributed by atoms with Crippen LogP contribution in [0.3, 0.4) is 0 Å². The number of pyridine rings is 1. The van der Waals surface area contributed by atoms with Gasteiger partial charge in [-0.25, -0.2) is 0 Å². The smallest absolute Gasteiger partial charge is 0.267 e. The maximum absolute atomic E-state index is 5.77. The van der Waals surface area contributed by atoms with Crippen LogP contribution in [-0.2, 0) is 0 Å². The molecule has 3 aromatic rings. The van der Waals surface area contributed by atoms with Crippen molar-refractivity contribution in [3.63, 3.8) is 0 Å². The van der Waals surface area contributed by atoms with Gasteiger partial charge in [-0.3, -0.25) is 4.98 Å². The number of rotatable bonds is 4. The summed E-state index contributed by atoms with van der Waals surface area (Å²) in [6, 6.07) is 11.3. The number of benzene rings is 1. The van der Waals surface area contributed by atoms with Crippen molar-refractivity contribution in [2.45, 2.75) is 13.0 Å². The van der Waals surface area contributed by atoms with E-state index in [-0.39, 0.29) is 6.10 Å². The molecule has 106 valence electrons. The lowest BCUT2D eigenvalue weighted by Crippen LogP contribution is -2.03. The second-order valence-corrected chi connectivity index (χ2v) is 5.33. The molecule has 1 atom stereocenters. The molecule has 0 bridgehead atoms. The molecule has 1 unspecified atom stereocenters. The quantitative estimate of drug-likeness (QED) is 0.714. The zero-order chi connectivity index (χ0) is 14.7. The van der Waals surface area contributed by atoms with E-state index in [4.69, 9.17) is 9.26 Å². The van der Waals surface area contributed by atoms with E-state index in [1.807, 2.05) is 43.3 Å². The Morgan fingerprint density at radius 3 is 2.71 bits per heavy atom. The van der Waals surface area contributed by atoms with Gasteiger partial charge in [-0.2, -0.15) is 4.98 Å². The summed E-state index contributed by atoms with van der Waals surface area (Å²) in [5, 5.41) is 3.95. The van der Waals surface area contributed by atoms with E-state index in [1.165, 1.54) is 0 Å². The van der Waals surface area contributed by atoms with Gasteiger partial charge in [0.2, 0.25) is 5.82 Å². The van der Waals surface area contributed by atoms with Crippen LogP contribution in [0, 0.1) is 0 Å². The number of hydrogen-bond donors (Lipinski definition) is 0. The molecule has 2 aromatic heterocycles. The average molecular weight is 346 g/mol. The highest BCUT2D eigenvalue weighted by molar-refractivity contribution is 9.10. The summed E-state index contributed by atoms with van der Waals surface area (Å²) in [6.07, 6.45) is 3.06. The Balaban J connectivity index is 1.75. The van der Waals surface area contributed by atoms with E-state index in [0.29, 0.717) is 11.7 Å². The summed E-state index contributed by atoms with van der Waals surface area (Å²) < 4.78 is 12.0. The topological polar surface area (TPSA) is 61.0 Å². The summed E-state index contributed by atoms with van der Waals surface area (Å²) in [4.78, 5) is 8.38. The van der Waals surface area contributed by atoms with Crippen molar-refractivity contribution < 1.29 is 9.26 Å². The van der Waals surface area contributed by atoms with Crippen LogP contribution >= 0.6 is 15.9 Å². The van der Waals surface area contributed by atoms with Crippen molar-refractivity contribution in [2.24, 2.45) is 0 Å². The van der Waals surface area contributed by atoms with Crippen LogP contribution in [0.1, 0.15) is 18.9 Å². The average Bonchev–Trinajstić information content (AvgIpc) is 3.00. The van der Waals surface area contributed by atoms with Crippen molar-refractivity contribution in [3.05, 3.63) is 59.2 Å². The van der Waals surface area contributed by atoms with Crippen LogP contribution in [0.25, 0.3) is 11.4 Å². The molecule has 0 amide bonds. The zero-order valence-corrected chi connectivity index (χ0v) is 12.8. The van der Waals surface area contributed by atoms with Gasteiger partial charge >= 0.3 is 0 Å². The molecule has 0 fully saturated rings. The van der Waals surface area contributed by atoms with Gasteiger partial charge in [0, 0.05) is 22.4 Å². The molecule has 6 heteroatoms. The maximum Gasteiger partial charge on any atom is 0.267 e. The molecule has 0 saturated heterocycles. The van der Waals surface area contributed by atoms with Gasteiger partial charge in [0.25, 0.3) is 5.89 Å². The molecule has 21 heavy (non-hydrogen) atoms. The first-order chi connectivity index (χ1) is 10.2. The Morgan fingerprint density at radius 2 is 2.00 bits per heavy atom. The summed E-state index contributed by atoms with van der Waals surface area (Å²) in [5.74, 6) is 1.67. The van der Waals surface area contributed by atoms with Gasteiger partial charge in [0.15, 0.2) is 6.10 Å². The Morgan fingerprint density at radius 1 is 1.19 bits per heavy atom. The van der Waals surface area contributed by atoms with Gasteiger partial charge in [0.1, 0.15) is 5.75 Å². The van der Waals surface area contributed by atoms with Crippen LogP contribution < -0.4 is 4.74 Å². The fourth-order valence-corrected chi connectivity index (χ4v) is 2.04. The highest BCUT2D eigenvalue weighted by atomic mass is 79.9. The Labute approximate surface area is 130 Å². The fraction of sp³-hybridized carbons (Fsp3) is 0.133. The SMILES string of the molecule is CC(Oc1ccc(Br)cc1)c1nc(-c2cccnc2)no1. The first-order valence-corrected chi connectivity index (χ1v) is 7.18. The number of ether oxygens (including phenoxy) is 1. The highest BCUT2D eigenvalue weighted by Gasteiger charge is 2.16. The van der Waals surface area contributed by atoms with Crippen LogP contribution in [0.4, 0.5) is 0 Å². The van der Waals surface area contributed by atoms with Crippen molar-refractivity contribution >= 4 is 15.9 Å². The predicted molar refractivity (Wildman–Crippen MR) is 80.7 cm³/mol. The molecule has 0 aliphatic rings. The molecule has 1 aromatic carbocycles. The van der Waals surface area contributed by atoms with Gasteiger partial charge in [-0.05, 0) is 43.3 Å². The van der Waals surface area contributed by atoms with Crippen LogP contribution in [0.15, 0.2) is 57.8 Å². The molecule has 2 heterocycles. The number of hydrogen-bond acceptors (Lipinski definition) is 5. The standard InChI is InChI=1S/C15H12BrN3O2/c1-10(20-13-6-4-12(16)5-7-13)15-18-14(19-21-15)11-3-2-8-17-9-11/h2-10H,1H3. The van der Waals surface area contributed by atoms with Crippen molar-refractivity contribution in [2.75, 3.05) is 0 Å². The van der Waals surface area contributed by atoms with Crippen LogP contribution in [0.5, 0.6) is 5.75 Å². The van der Waals surface area contributed by atoms with E-state index in [0.717, 1.165) is 15.8 Å². The van der Waals surface area contributed by atoms with E-state index >= 15 is 0 Å². The van der Waals surface area contributed by atoms with Gasteiger partial charge < -0.3 is 9.26 Å². The third-order valence-electron chi connectivity index (χ3n) is 2.84. The zero-order valence-electron chi connectivity index (χ0n) is 11.2. The largest absolute Gasteiger partial charge is 0.481 e. The molecular weight excluding hydrogens is 334 g/mol. The van der Waals surface area contributed by atoms with Gasteiger partial charge in [0.05, 0.1) is 0 Å². The minimum absolute atomic E-state index is 0.330. The maximum atomic E-state index is 5.77. The number of nitrogens with zero attached hydrogens (tertiary/aromatic N) is 3. The molecule has 5 nitrogen and oxygen atoms in total. The van der Waals surface area contributed by atoms with Gasteiger partial charge in [-0.15, -0.1) is 0 Å². The normalized spacial score (nSPS) is 12.1. The highest BCUT2D eigenvalue weighted by Crippen LogP contribution is 2.24.